The van der Waals surface area contributed by atoms with Crippen molar-refractivity contribution in [2.45, 2.75) is 45.1 Å². The number of halogens is 1. The first-order chi connectivity index (χ1) is 14.0. The highest BCUT2D eigenvalue weighted by molar-refractivity contribution is 9.10. The van der Waals surface area contributed by atoms with Crippen LogP contribution >= 0.6 is 15.9 Å². The summed E-state index contributed by atoms with van der Waals surface area (Å²) in [6, 6.07) is 14.0. The molecule has 1 aromatic heterocycles. The number of methoxy groups -OCH3 is 1. The van der Waals surface area contributed by atoms with E-state index in [1.54, 1.807) is 7.11 Å². The molecule has 1 saturated carbocycles. The molecular formula is C24H25BrN2O2. The van der Waals surface area contributed by atoms with Gasteiger partial charge in [-0.05, 0) is 55.7 Å². The SMILES string of the molecule is COc1cccc(-c2cc(C(=O)NC3CCCCC3)c3cc(Br)cc(C)c3n2)c1. The number of pyridine rings is 1. The molecule has 0 atom stereocenters. The van der Waals surface area contributed by atoms with Crippen LogP contribution in [-0.2, 0) is 0 Å². The van der Waals surface area contributed by atoms with Gasteiger partial charge in [0.05, 0.1) is 23.9 Å². The van der Waals surface area contributed by atoms with E-state index in [1.807, 2.05) is 49.4 Å². The van der Waals surface area contributed by atoms with Crippen molar-refractivity contribution in [3.63, 3.8) is 0 Å². The molecule has 0 unspecified atom stereocenters. The van der Waals surface area contributed by atoms with Gasteiger partial charge in [0.25, 0.3) is 5.91 Å². The Morgan fingerprint density at radius 2 is 1.93 bits per heavy atom. The summed E-state index contributed by atoms with van der Waals surface area (Å²) >= 11 is 3.57. The third-order valence-corrected chi connectivity index (χ3v) is 6.08. The fourth-order valence-electron chi connectivity index (χ4n) is 4.08. The lowest BCUT2D eigenvalue weighted by atomic mass is 9.95. The molecule has 0 saturated heterocycles. The van der Waals surface area contributed by atoms with Gasteiger partial charge in [-0.15, -0.1) is 0 Å². The number of fused-ring (bicyclic) bond motifs is 1. The van der Waals surface area contributed by atoms with Gasteiger partial charge in [0.2, 0.25) is 0 Å². The number of hydrogen-bond acceptors (Lipinski definition) is 3. The van der Waals surface area contributed by atoms with Gasteiger partial charge in [-0.25, -0.2) is 4.98 Å². The van der Waals surface area contributed by atoms with Gasteiger partial charge in [-0.3, -0.25) is 4.79 Å². The first kappa shape index (κ1) is 19.9. The van der Waals surface area contributed by atoms with Crippen LogP contribution in [0.4, 0.5) is 0 Å². The maximum atomic E-state index is 13.3. The lowest BCUT2D eigenvalue weighted by molar-refractivity contribution is 0.0929. The average Bonchev–Trinajstić information content (AvgIpc) is 2.74. The predicted octanol–water partition coefficient (Wildman–Crippen LogP) is 6.04. The molecule has 4 rings (SSSR count). The topological polar surface area (TPSA) is 51.2 Å². The minimum atomic E-state index is -0.0223. The molecule has 1 amide bonds. The molecule has 5 heteroatoms. The number of carbonyl (C=O) groups is 1. The Kier molecular flexibility index (Phi) is 5.86. The van der Waals surface area contributed by atoms with Crippen molar-refractivity contribution in [2.75, 3.05) is 7.11 Å². The second-order valence-corrected chi connectivity index (χ2v) is 8.63. The number of nitrogens with one attached hydrogen (secondary N) is 1. The second-order valence-electron chi connectivity index (χ2n) is 7.71. The first-order valence-corrected chi connectivity index (χ1v) is 10.9. The summed E-state index contributed by atoms with van der Waals surface area (Å²) < 4.78 is 6.32. The van der Waals surface area contributed by atoms with E-state index in [0.717, 1.165) is 50.8 Å². The Morgan fingerprint density at radius 3 is 2.69 bits per heavy atom. The number of hydrogen-bond donors (Lipinski definition) is 1. The van der Waals surface area contributed by atoms with Crippen molar-refractivity contribution < 1.29 is 9.53 Å². The quantitative estimate of drug-likeness (QED) is 0.524. The Hall–Kier alpha value is -2.40. The van der Waals surface area contributed by atoms with E-state index in [4.69, 9.17) is 9.72 Å². The Balaban J connectivity index is 1.83. The molecule has 0 radical (unpaired) electrons. The standard InChI is InChI=1S/C24H25BrN2O2/c1-15-11-17(25)13-20-21(24(28)26-18-8-4-3-5-9-18)14-22(27-23(15)20)16-7-6-10-19(12-16)29-2/h6-7,10-14,18H,3-5,8-9H2,1-2H3,(H,26,28). The van der Waals surface area contributed by atoms with E-state index in [9.17, 15) is 4.79 Å². The fraction of sp³-hybridized carbons (Fsp3) is 0.333. The third-order valence-electron chi connectivity index (χ3n) is 5.62. The largest absolute Gasteiger partial charge is 0.497 e. The van der Waals surface area contributed by atoms with E-state index >= 15 is 0 Å². The Bertz CT molecular complexity index is 1060. The maximum Gasteiger partial charge on any atom is 0.252 e. The number of ether oxygens (including phenoxy) is 1. The Labute approximate surface area is 179 Å². The molecule has 0 bridgehead atoms. The highest BCUT2D eigenvalue weighted by Crippen LogP contribution is 2.31. The molecule has 1 heterocycles. The Morgan fingerprint density at radius 1 is 1.14 bits per heavy atom. The van der Waals surface area contributed by atoms with Gasteiger partial charge in [-0.1, -0.05) is 47.3 Å². The van der Waals surface area contributed by atoms with Crippen LogP contribution in [0.3, 0.4) is 0 Å². The van der Waals surface area contributed by atoms with Gasteiger partial charge in [-0.2, -0.15) is 0 Å². The van der Waals surface area contributed by atoms with Gasteiger partial charge in [0, 0.05) is 21.5 Å². The maximum absolute atomic E-state index is 13.3. The first-order valence-electron chi connectivity index (χ1n) is 10.1. The summed E-state index contributed by atoms with van der Waals surface area (Å²) in [6.07, 6.45) is 5.74. The summed E-state index contributed by atoms with van der Waals surface area (Å²) in [7, 11) is 1.65. The number of benzene rings is 2. The van der Waals surface area contributed by atoms with E-state index in [1.165, 1.54) is 19.3 Å². The van der Waals surface area contributed by atoms with Crippen LogP contribution in [0.15, 0.2) is 46.9 Å². The van der Waals surface area contributed by atoms with Gasteiger partial charge in [0.15, 0.2) is 0 Å². The number of aryl methyl sites for hydroxylation is 1. The summed E-state index contributed by atoms with van der Waals surface area (Å²) in [4.78, 5) is 18.2. The predicted molar refractivity (Wildman–Crippen MR) is 121 cm³/mol. The zero-order valence-corrected chi connectivity index (χ0v) is 18.4. The lowest BCUT2D eigenvalue weighted by Gasteiger charge is -2.23. The summed E-state index contributed by atoms with van der Waals surface area (Å²) in [5.41, 5.74) is 4.26. The number of amides is 1. The van der Waals surface area contributed by atoms with E-state index in [-0.39, 0.29) is 11.9 Å². The van der Waals surface area contributed by atoms with Crippen LogP contribution < -0.4 is 10.1 Å². The van der Waals surface area contributed by atoms with Gasteiger partial charge >= 0.3 is 0 Å². The number of nitrogens with zero attached hydrogens (tertiary/aromatic N) is 1. The number of rotatable bonds is 4. The van der Waals surface area contributed by atoms with Crippen LogP contribution in [-0.4, -0.2) is 24.0 Å². The highest BCUT2D eigenvalue weighted by Gasteiger charge is 2.20. The molecule has 150 valence electrons. The monoisotopic (exact) mass is 452 g/mol. The molecule has 2 aromatic carbocycles. The number of carbonyl (C=O) groups excluding carboxylic acids is 1. The van der Waals surface area contributed by atoms with E-state index in [0.29, 0.717) is 5.56 Å². The summed E-state index contributed by atoms with van der Waals surface area (Å²) in [5.74, 6) is 0.746. The van der Waals surface area contributed by atoms with E-state index < -0.39 is 0 Å². The smallest absolute Gasteiger partial charge is 0.252 e. The molecule has 4 nitrogen and oxygen atoms in total. The third kappa shape index (κ3) is 4.30. The van der Waals surface area contributed by atoms with Crippen molar-refractivity contribution >= 4 is 32.7 Å². The fourth-order valence-corrected chi connectivity index (χ4v) is 4.66. The van der Waals surface area contributed by atoms with Gasteiger partial charge in [0.1, 0.15) is 5.75 Å². The zero-order valence-electron chi connectivity index (χ0n) is 16.8. The van der Waals surface area contributed by atoms with Crippen molar-refractivity contribution in [3.05, 3.63) is 58.1 Å². The number of aromatic nitrogens is 1. The van der Waals surface area contributed by atoms with Gasteiger partial charge < -0.3 is 10.1 Å². The van der Waals surface area contributed by atoms with Crippen molar-refractivity contribution in [3.8, 4) is 17.0 Å². The van der Waals surface area contributed by atoms with Crippen molar-refractivity contribution in [1.82, 2.24) is 10.3 Å². The minimum Gasteiger partial charge on any atom is -0.497 e. The summed E-state index contributed by atoms with van der Waals surface area (Å²) in [5, 5.41) is 4.13. The lowest BCUT2D eigenvalue weighted by Crippen LogP contribution is -2.36. The van der Waals surface area contributed by atoms with E-state index in [2.05, 4.69) is 21.2 Å². The van der Waals surface area contributed by atoms with Crippen molar-refractivity contribution in [2.24, 2.45) is 0 Å². The highest BCUT2D eigenvalue weighted by atomic mass is 79.9. The van der Waals surface area contributed by atoms with Crippen molar-refractivity contribution in [1.29, 1.82) is 0 Å². The molecule has 3 aromatic rings. The van der Waals surface area contributed by atoms with Crippen LogP contribution in [0.25, 0.3) is 22.2 Å². The zero-order chi connectivity index (χ0) is 20.4. The molecular weight excluding hydrogens is 428 g/mol. The molecule has 1 N–H and O–H groups in total. The molecule has 29 heavy (non-hydrogen) atoms. The average molecular weight is 453 g/mol. The molecule has 1 fully saturated rings. The molecule has 0 spiro atoms. The normalized spacial score (nSPS) is 14.7. The van der Waals surface area contributed by atoms with Crippen LogP contribution in [0.2, 0.25) is 0 Å². The molecule has 1 aliphatic carbocycles. The van der Waals surface area contributed by atoms with Crippen LogP contribution in [0.1, 0.15) is 48.0 Å². The minimum absolute atomic E-state index is 0.0223. The van der Waals surface area contributed by atoms with Crippen LogP contribution in [0.5, 0.6) is 5.75 Å². The molecule has 1 aliphatic rings. The van der Waals surface area contributed by atoms with Crippen LogP contribution in [0, 0.1) is 6.92 Å². The second kappa shape index (κ2) is 8.54. The molecule has 0 aliphatic heterocycles. The summed E-state index contributed by atoms with van der Waals surface area (Å²) in [6.45, 7) is 2.03.